The molecule has 18 heavy (non-hydrogen) atoms. The first-order valence-electron chi connectivity index (χ1n) is 5.34. The highest BCUT2D eigenvalue weighted by molar-refractivity contribution is 5.63. The fraction of sp³-hybridized carbons (Fsp3) is 0. The average Bonchev–Trinajstić information content (AvgIpc) is 2.45. The Hall–Kier alpha value is -2.69. The molecule has 0 saturated heterocycles. The van der Waals surface area contributed by atoms with E-state index >= 15 is 0 Å². The van der Waals surface area contributed by atoms with Crippen LogP contribution in [0.3, 0.4) is 0 Å². The van der Waals surface area contributed by atoms with Crippen molar-refractivity contribution in [1.29, 1.82) is 0 Å². The zero-order valence-corrected chi connectivity index (χ0v) is 9.50. The lowest BCUT2D eigenvalue weighted by Crippen LogP contribution is -2.15. The average molecular weight is 244 g/mol. The van der Waals surface area contributed by atoms with Crippen LogP contribution in [0.25, 0.3) is 0 Å². The monoisotopic (exact) mass is 244 g/mol. The molecule has 0 spiro atoms. The molecule has 5 heteroatoms. The summed E-state index contributed by atoms with van der Waals surface area (Å²) in [7, 11) is 0. The molecule has 0 aliphatic carbocycles. The van der Waals surface area contributed by atoms with Gasteiger partial charge in [-0.1, -0.05) is 36.4 Å². The molecule has 2 N–H and O–H groups in total. The highest BCUT2D eigenvalue weighted by atomic mass is 16.9. The Morgan fingerprint density at radius 3 is 1.50 bits per heavy atom. The molecule has 0 saturated carbocycles. The number of benzene rings is 2. The molecule has 0 atom stereocenters. The second kappa shape index (κ2) is 6.15. The van der Waals surface area contributed by atoms with Crippen LogP contribution in [0.2, 0.25) is 0 Å². The first-order chi connectivity index (χ1) is 8.84. The largest absolute Gasteiger partial charge is 0.558 e. The number of hydrogen-bond acceptors (Lipinski definition) is 5. The van der Waals surface area contributed by atoms with Crippen molar-refractivity contribution in [2.75, 3.05) is 11.0 Å². The van der Waals surface area contributed by atoms with Crippen LogP contribution in [0.4, 0.5) is 16.2 Å². The van der Waals surface area contributed by atoms with E-state index in [0.717, 1.165) is 0 Å². The highest BCUT2D eigenvalue weighted by Gasteiger charge is 2.04. The van der Waals surface area contributed by atoms with Gasteiger partial charge in [0.05, 0.1) is 11.4 Å². The van der Waals surface area contributed by atoms with Crippen LogP contribution in [0, 0.1) is 0 Å². The second-order valence-corrected chi connectivity index (χ2v) is 3.39. The van der Waals surface area contributed by atoms with Gasteiger partial charge in [0, 0.05) is 0 Å². The van der Waals surface area contributed by atoms with Crippen molar-refractivity contribution in [3.8, 4) is 0 Å². The summed E-state index contributed by atoms with van der Waals surface area (Å²) in [5, 5.41) is 0. The standard InChI is InChI=1S/C13H12N2O3/c16-13(17-14-11-7-3-1-4-8-11)18-15-12-9-5-2-6-10-12/h1-10,14-15H. The molecule has 2 aromatic rings. The maximum Gasteiger partial charge on any atom is 0.558 e. The van der Waals surface area contributed by atoms with Crippen LogP contribution in [0.5, 0.6) is 0 Å². The summed E-state index contributed by atoms with van der Waals surface area (Å²) in [4.78, 5) is 20.6. The third-order valence-electron chi connectivity index (χ3n) is 2.05. The number of anilines is 2. The Kier molecular flexibility index (Phi) is 4.02. The summed E-state index contributed by atoms with van der Waals surface area (Å²) >= 11 is 0. The second-order valence-electron chi connectivity index (χ2n) is 3.39. The summed E-state index contributed by atoms with van der Waals surface area (Å²) in [6.45, 7) is 0. The summed E-state index contributed by atoms with van der Waals surface area (Å²) in [6.07, 6.45) is -0.872. The SMILES string of the molecule is O=C(ONc1ccccc1)ONc1ccccc1. The third-order valence-corrected chi connectivity index (χ3v) is 2.05. The Morgan fingerprint density at radius 1 is 0.722 bits per heavy atom. The van der Waals surface area contributed by atoms with Crippen LogP contribution < -0.4 is 11.0 Å². The smallest absolute Gasteiger partial charge is 0.307 e. The molecule has 0 fully saturated rings. The van der Waals surface area contributed by atoms with E-state index in [1.54, 1.807) is 24.3 Å². The molecule has 0 bridgehead atoms. The van der Waals surface area contributed by atoms with E-state index in [9.17, 15) is 4.79 Å². The fourth-order valence-corrected chi connectivity index (χ4v) is 1.23. The lowest BCUT2D eigenvalue weighted by atomic mass is 10.3. The van der Waals surface area contributed by atoms with Crippen LogP contribution in [-0.2, 0) is 9.68 Å². The molecule has 92 valence electrons. The van der Waals surface area contributed by atoms with E-state index in [-0.39, 0.29) is 0 Å². The minimum Gasteiger partial charge on any atom is -0.307 e. The van der Waals surface area contributed by atoms with Gasteiger partial charge in [-0.25, -0.2) is 11.0 Å². The Bertz CT molecular complexity index is 443. The van der Waals surface area contributed by atoms with Gasteiger partial charge in [0.1, 0.15) is 0 Å². The highest BCUT2D eigenvalue weighted by Crippen LogP contribution is 2.07. The van der Waals surface area contributed by atoms with Gasteiger partial charge < -0.3 is 9.68 Å². The normalized spacial score (nSPS) is 9.33. The van der Waals surface area contributed by atoms with E-state index in [0.29, 0.717) is 11.4 Å². The van der Waals surface area contributed by atoms with Crippen LogP contribution in [0.1, 0.15) is 0 Å². The van der Waals surface area contributed by atoms with Gasteiger partial charge in [-0.15, -0.1) is 0 Å². The van der Waals surface area contributed by atoms with Crippen molar-refractivity contribution in [3.63, 3.8) is 0 Å². The van der Waals surface area contributed by atoms with Gasteiger partial charge >= 0.3 is 6.16 Å². The van der Waals surface area contributed by atoms with Crippen molar-refractivity contribution in [2.45, 2.75) is 0 Å². The number of carbonyl (C=O) groups is 1. The predicted octanol–water partition coefficient (Wildman–Crippen LogP) is 3.19. The van der Waals surface area contributed by atoms with Gasteiger partial charge in [-0.2, -0.15) is 4.79 Å². The molecule has 5 nitrogen and oxygen atoms in total. The Morgan fingerprint density at radius 2 is 1.11 bits per heavy atom. The lowest BCUT2D eigenvalue weighted by Gasteiger charge is -2.07. The van der Waals surface area contributed by atoms with Crippen molar-refractivity contribution < 1.29 is 14.5 Å². The van der Waals surface area contributed by atoms with E-state index in [1.165, 1.54) is 0 Å². The third kappa shape index (κ3) is 3.71. The molecule has 2 aromatic carbocycles. The van der Waals surface area contributed by atoms with Gasteiger partial charge in [-0.05, 0) is 24.3 Å². The molecule has 0 aliphatic rings. The van der Waals surface area contributed by atoms with Gasteiger partial charge in [-0.3, -0.25) is 0 Å². The fourth-order valence-electron chi connectivity index (χ4n) is 1.23. The molecule has 0 heterocycles. The number of hydrogen-bond donors (Lipinski definition) is 2. The minimum absolute atomic E-state index is 0.661. The zero-order valence-electron chi connectivity index (χ0n) is 9.50. The zero-order chi connectivity index (χ0) is 12.6. The molecule has 0 radical (unpaired) electrons. The molecule has 2 rings (SSSR count). The first kappa shape index (κ1) is 11.8. The van der Waals surface area contributed by atoms with E-state index in [2.05, 4.69) is 20.6 Å². The molecule has 0 aliphatic heterocycles. The number of para-hydroxylation sites is 2. The minimum atomic E-state index is -0.872. The first-order valence-corrected chi connectivity index (χ1v) is 5.34. The molecular weight excluding hydrogens is 232 g/mol. The summed E-state index contributed by atoms with van der Waals surface area (Å²) in [5.74, 6) is 0. The molecule has 0 aromatic heterocycles. The lowest BCUT2D eigenvalue weighted by molar-refractivity contribution is 0.0904. The van der Waals surface area contributed by atoms with Gasteiger partial charge in [0.15, 0.2) is 0 Å². The van der Waals surface area contributed by atoms with E-state index in [4.69, 9.17) is 0 Å². The van der Waals surface area contributed by atoms with Gasteiger partial charge in [0.25, 0.3) is 0 Å². The van der Waals surface area contributed by atoms with Crippen LogP contribution >= 0.6 is 0 Å². The number of nitrogens with one attached hydrogen (secondary N) is 2. The Balaban J connectivity index is 1.73. The van der Waals surface area contributed by atoms with Crippen molar-refractivity contribution in [2.24, 2.45) is 0 Å². The van der Waals surface area contributed by atoms with Crippen molar-refractivity contribution >= 4 is 17.5 Å². The van der Waals surface area contributed by atoms with Crippen molar-refractivity contribution in [1.82, 2.24) is 0 Å². The molecule has 0 unspecified atom stereocenters. The summed E-state index contributed by atoms with van der Waals surface area (Å²) in [5.41, 5.74) is 6.25. The molecular formula is C13H12N2O3. The molecule has 0 amide bonds. The maximum absolute atomic E-state index is 11.2. The Labute approximate surface area is 104 Å². The van der Waals surface area contributed by atoms with Crippen molar-refractivity contribution in [3.05, 3.63) is 60.7 Å². The predicted molar refractivity (Wildman–Crippen MR) is 67.7 cm³/mol. The van der Waals surface area contributed by atoms with Gasteiger partial charge in [0.2, 0.25) is 0 Å². The number of rotatable bonds is 4. The topological polar surface area (TPSA) is 59.6 Å². The van der Waals surface area contributed by atoms with Crippen LogP contribution in [0.15, 0.2) is 60.7 Å². The summed E-state index contributed by atoms with van der Waals surface area (Å²) < 4.78 is 0. The van der Waals surface area contributed by atoms with E-state index in [1.807, 2.05) is 36.4 Å². The number of carbonyl (C=O) groups excluding carboxylic acids is 1. The van der Waals surface area contributed by atoms with Crippen LogP contribution in [-0.4, -0.2) is 6.16 Å². The summed E-state index contributed by atoms with van der Waals surface area (Å²) in [6, 6.07) is 18.0. The van der Waals surface area contributed by atoms with E-state index < -0.39 is 6.16 Å². The quantitative estimate of drug-likeness (QED) is 0.809. The maximum atomic E-state index is 11.2.